The van der Waals surface area contributed by atoms with E-state index in [4.69, 9.17) is 0 Å². The zero-order valence-corrected chi connectivity index (χ0v) is 12.8. The Balaban J connectivity index is 1.81. The normalized spacial score (nSPS) is 23.8. The fourth-order valence-corrected chi connectivity index (χ4v) is 3.29. The second-order valence-electron chi connectivity index (χ2n) is 6.16. The molecule has 4 heteroatoms. The first-order chi connectivity index (χ1) is 10.5. The minimum absolute atomic E-state index is 0.144. The summed E-state index contributed by atoms with van der Waals surface area (Å²) in [4.78, 5) is 38.4. The maximum atomic E-state index is 12.5. The van der Waals surface area contributed by atoms with Gasteiger partial charge in [-0.1, -0.05) is 29.8 Å². The highest BCUT2D eigenvalue weighted by atomic mass is 16.2. The van der Waals surface area contributed by atoms with Gasteiger partial charge in [0.15, 0.2) is 5.78 Å². The van der Waals surface area contributed by atoms with Crippen molar-refractivity contribution in [2.45, 2.75) is 26.7 Å². The van der Waals surface area contributed by atoms with Crippen LogP contribution < -0.4 is 0 Å². The zero-order chi connectivity index (χ0) is 15.9. The molecule has 1 aromatic rings. The molecule has 2 amide bonds. The SMILES string of the molecule is Cc1ccc(C)c(C(=O)CN2C(=O)[C@@H]3CC=CC[C@H]3C2=O)c1. The van der Waals surface area contributed by atoms with E-state index in [-0.39, 0.29) is 36.0 Å². The fourth-order valence-electron chi connectivity index (χ4n) is 3.29. The number of rotatable bonds is 3. The maximum Gasteiger partial charge on any atom is 0.233 e. The van der Waals surface area contributed by atoms with E-state index in [0.29, 0.717) is 18.4 Å². The average molecular weight is 297 g/mol. The van der Waals surface area contributed by atoms with Crippen LogP contribution in [0.4, 0.5) is 0 Å². The van der Waals surface area contributed by atoms with E-state index in [0.717, 1.165) is 16.0 Å². The van der Waals surface area contributed by atoms with Crippen molar-refractivity contribution >= 4 is 17.6 Å². The lowest BCUT2D eigenvalue weighted by molar-refractivity contribution is -0.139. The van der Waals surface area contributed by atoms with Crippen molar-refractivity contribution in [2.24, 2.45) is 11.8 Å². The second kappa shape index (κ2) is 5.52. The Hall–Kier alpha value is -2.23. The van der Waals surface area contributed by atoms with Crippen LogP contribution in [-0.2, 0) is 9.59 Å². The summed E-state index contributed by atoms with van der Waals surface area (Å²) in [6.45, 7) is 3.64. The van der Waals surface area contributed by atoms with Crippen molar-refractivity contribution in [3.8, 4) is 0 Å². The number of likely N-dealkylation sites (tertiary alicyclic amines) is 1. The van der Waals surface area contributed by atoms with Crippen LogP contribution in [0.25, 0.3) is 0 Å². The predicted octanol–water partition coefficient (Wildman–Crippen LogP) is 2.44. The van der Waals surface area contributed by atoms with Crippen LogP contribution in [0.2, 0.25) is 0 Å². The molecule has 2 atom stereocenters. The quantitative estimate of drug-likeness (QED) is 0.489. The Morgan fingerprint density at radius 2 is 1.68 bits per heavy atom. The van der Waals surface area contributed by atoms with Crippen LogP contribution in [0.15, 0.2) is 30.4 Å². The standard InChI is InChI=1S/C18H19NO3/c1-11-7-8-12(2)15(9-11)16(20)10-19-17(21)13-5-3-4-6-14(13)18(19)22/h3-4,7-9,13-14H,5-6,10H2,1-2H3/t13-,14-/m1/s1. The van der Waals surface area contributed by atoms with Crippen molar-refractivity contribution in [1.82, 2.24) is 4.90 Å². The lowest BCUT2D eigenvalue weighted by Gasteiger charge is -2.15. The number of carbonyl (C=O) groups excluding carboxylic acids is 3. The van der Waals surface area contributed by atoms with E-state index >= 15 is 0 Å². The number of nitrogens with zero attached hydrogens (tertiary/aromatic N) is 1. The van der Waals surface area contributed by atoms with Crippen molar-refractivity contribution < 1.29 is 14.4 Å². The molecule has 114 valence electrons. The summed E-state index contributed by atoms with van der Waals surface area (Å²) >= 11 is 0. The number of benzene rings is 1. The molecule has 0 bridgehead atoms. The molecule has 0 spiro atoms. The summed E-state index contributed by atoms with van der Waals surface area (Å²) in [5.74, 6) is -1.11. The van der Waals surface area contributed by atoms with Crippen molar-refractivity contribution in [1.29, 1.82) is 0 Å². The Morgan fingerprint density at radius 3 is 2.27 bits per heavy atom. The molecule has 1 aliphatic heterocycles. The van der Waals surface area contributed by atoms with E-state index in [2.05, 4.69) is 0 Å². The van der Waals surface area contributed by atoms with Gasteiger partial charge in [-0.2, -0.15) is 0 Å². The second-order valence-corrected chi connectivity index (χ2v) is 6.16. The molecule has 1 aromatic carbocycles. The predicted molar refractivity (Wildman–Crippen MR) is 82.3 cm³/mol. The van der Waals surface area contributed by atoms with Crippen molar-refractivity contribution in [3.05, 3.63) is 47.0 Å². The molecule has 2 aliphatic rings. The van der Waals surface area contributed by atoms with E-state index in [1.807, 2.05) is 44.2 Å². The van der Waals surface area contributed by atoms with Gasteiger partial charge in [0.25, 0.3) is 0 Å². The van der Waals surface area contributed by atoms with Gasteiger partial charge >= 0.3 is 0 Å². The molecule has 22 heavy (non-hydrogen) atoms. The Kier molecular flexibility index (Phi) is 3.69. The molecule has 0 saturated carbocycles. The molecule has 4 nitrogen and oxygen atoms in total. The number of ketones is 1. The van der Waals surface area contributed by atoms with Crippen molar-refractivity contribution in [2.75, 3.05) is 6.54 Å². The summed E-state index contributed by atoms with van der Waals surface area (Å²) in [6, 6.07) is 5.65. The first-order valence-corrected chi connectivity index (χ1v) is 7.59. The molecule has 1 saturated heterocycles. The van der Waals surface area contributed by atoms with Crippen LogP contribution in [0.5, 0.6) is 0 Å². The van der Waals surface area contributed by atoms with Crippen LogP contribution in [0, 0.1) is 25.7 Å². The topological polar surface area (TPSA) is 54.5 Å². The van der Waals surface area contributed by atoms with Gasteiger partial charge in [-0.25, -0.2) is 0 Å². The minimum atomic E-state index is -0.274. The smallest absolute Gasteiger partial charge is 0.233 e. The monoisotopic (exact) mass is 297 g/mol. The summed E-state index contributed by atoms with van der Waals surface area (Å²) in [5, 5.41) is 0. The number of allylic oxidation sites excluding steroid dienone is 2. The number of amides is 2. The highest BCUT2D eigenvalue weighted by Gasteiger charge is 2.47. The van der Waals surface area contributed by atoms with Gasteiger partial charge in [-0.05, 0) is 38.3 Å². The molecule has 1 heterocycles. The van der Waals surface area contributed by atoms with E-state index < -0.39 is 0 Å². The Labute approximate surface area is 129 Å². The third-order valence-corrected chi connectivity index (χ3v) is 4.59. The van der Waals surface area contributed by atoms with Gasteiger partial charge in [-0.15, -0.1) is 0 Å². The number of imide groups is 1. The molecule has 0 aromatic heterocycles. The molecule has 0 N–H and O–H groups in total. The van der Waals surface area contributed by atoms with Gasteiger partial charge in [0.1, 0.15) is 0 Å². The molecule has 0 radical (unpaired) electrons. The number of fused-ring (bicyclic) bond motifs is 1. The lowest BCUT2D eigenvalue weighted by Crippen LogP contribution is -2.36. The summed E-state index contributed by atoms with van der Waals surface area (Å²) in [5.41, 5.74) is 2.45. The number of carbonyl (C=O) groups is 3. The largest absolute Gasteiger partial charge is 0.292 e. The van der Waals surface area contributed by atoms with E-state index in [1.165, 1.54) is 0 Å². The summed E-state index contributed by atoms with van der Waals surface area (Å²) < 4.78 is 0. The van der Waals surface area contributed by atoms with Crippen LogP contribution in [0.3, 0.4) is 0 Å². The number of Topliss-reactive ketones (excluding diaryl/α,β-unsaturated/α-hetero) is 1. The van der Waals surface area contributed by atoms with Gasteiger partial charge in [0, 0.05) is 5.56 Å². The number of hydrogen-bond acceptors (Lipinski definition) is 3. The fraction of sp³-hybridized carbons (Fsp3) is 0.389. The summed E-state index contributed by atoms with van der Waals surface area (Å²) in [7, 11) is 0. The molecule has 3 rings (SSSR count). The highest BCUT2D eigenvalue weighted by Crippen LogP contribution is 2.35. The third-order valence-electron chi connectivity index (χ3n) is 4.59. The molecular weight excluding hydrogens is 278 g/mol. The maximum absolute atomic E-state index is 12.5. The first kappa shape index (κ1) is 14.7. The van der Waals surface area contributed by atoms with Gasteiger partial charge in [-0.3, -0.25) is 19.3 Å². The average Bonchev–Trinajstić information content (AvgIpc) is 2.75. The minimum Gasteiger partial charge on any atom is -0.292 e. The highest BCUT2D eigenvalue weighted by molar-refractivity contribution is 6.10. The van der Waals surface area contributed by atoms with Crippen LogP contribution >= 0.6 is 0 Å². The summed E-state index contributed by atoms with van der Waals surface area (Å²) in [6.07, 6.45) is 5.09. The molecule has 1 fully saturated rings. The molecule has 0 unspecified atom stereocenters. The Bertz CT molecular complexity index is 664. The number of hydrogen-bond donors (Lipinski definition) is 0. The van der Waals surface area contributed by atoms with Crippen LogP contribution in [-0.4, -0.2) is 29.0 Å². The van der Waals surface area contributed by atoms with Crippen LogP contribution in [0.1, 0.15) is 34.3 Å². The lowest BCUT2D eigenvalue weighted by atomic mass is 9.85. The third kappa shape index (κ3) is 2.39. The first-order valence-electron chi connectivity index (χ1n) is 7.59. The van der Waals surface area contributed by atoms with Gasteiger partial charge < -0.3 is 0 Å². The Morgan fingerprint density at radius 1 is 1.09 bits per heavy atom. The van der Waals surface area contributed by atoms with Gasteiger partial charge in [0.2, 0.25) is 11.8 Å². The zero-order valence-electron chi connectivity index (χ0n) is 12.8. The van der Waals surface area contributed by atoms with Gasteiger partial charge in [0.05, 0.1) is 18.4 Å². The van der Waals surface area contributed by atoms with Crippen molar-refractivity contribution in [3.63, 3.8) is 0 Å². The molecular formula is C18H19NO3. The number of aryl methyl sites for hydroxylation is 2. The molecule has 1 aliphatic carbocycles. The van der Waals surface area contributed by atoms with E-state index in [1.54, 1.807) is 0 Å². The van der Waals surface area contributed by atoms with E-state index in [9.17, 15) is 14.4 Å².